The number of nitrogens with zero attached hydrogens (tertiary/aromatic N) is 1. The van der Waals surface area contributed by atoms with Crippen LogP contribution in [0.5, 0.6) is 0 Å². The molecule has 0 saturated carbocycles. The number of amides is 2. The largest absolute Gasteiger partial charge is 0.354 e. The van der Waals surface area contributed by atoms with Gasteiger partial charge in [-0.25, -0.2) is 0 Å². The predicted molar refractivity (Wildman–Crippen MR) is 111 cm³/mol. The summed E-state index contributed by atoms with van der Waals surface area (Å²) in [6.45, 7) is 1.64. The highest BCUT2D eigenvalue weighted by atomic mass is 35.5. The van der Waals surface area contributed by atoms with Gasteiger partial charge in [-0.3, -0.25) is 9.59 Å². The Morgan fingerprint density at radius 2 is 2.00 bits per heavy atom. The molecule has 8 heteroatoms. The molecule has 0 aromatic heterocycles. The molecule has 1 heterocycles. The molecule has 26 heavy (non-hydrogen) atoms. The third-order valence-electron chi connectivity index (χ3n) is 4.26. The second kappa shape index (κ2) is 12.4. The van der Waals surface area contributed by atoms with Crippen LogP contribution in [0.15, 0.2) is 24.3 Å². The Balaban J connectivity index is 0.00000338. The number of halogens is 2. The first-order valence-electron chi connectivity index (χ1n) is 8.68. The molecule has 1 atom stereocenters. The average Bonchev–Trinajstić information content (AvgIpc) is 2.62. The van der Waals surface area contributed by atoms with Crippen molar-refractivity contribution in [3.63, 3.8) is 0 Å². The maximum absolute atomic E-state index is 12.6. The molecule has 2 rings (SSSR count). The fourth-order valence-electron chi connectivity index (χ4n) is 2.91. The summed E-state index contributed by atoms with van der Waals surface area (Å²) in [4.78, 5) is 26.1. The van der Waals surface area contributed by atoms with Crippen molar-refractivity contribution < 1.29 is 9.59 Å². The molecular formula is C18H27Cl2N3O2S. The molecule has 0 aliphatic carbocycles. The summed E-state index contributed by atoms with van der Waals surface area (Å²) in [6, 6.07) is 7.79. The lowest BCUT2D eigenvalue weighted by Gasteiger charge is -2.36. The van der Waals surface area contributed by atoms with Gasteiger partial charge in [0.2, 0.25) is 11.8 Å². The molecule has 3 N–H and O–H groups in total. The Kier molecular flexibility index (Phi) is 11.0. The molecule has 1 unspecified atom stereocenters. The number of carbonyl (C=O) groups excluding carboxylic acids is 2. The fourth-order valence-corrected chi connectivity index (χ4v) is 3.91. The average molecular weight is 420 g/mol. The maximum atomic E-state index is 12.6. The third-order valence-corrected chi connectivity index (χ3v) is 5.50. The smallest absolute Gasteiger partial charge is 0.232 e. The van der Waals surface area contributed by atoms with Crippen LogP contribution in [0.3, 0.4) is 0 Å². The van der Waals surface area contributed by atoms with Crippen LogP contribution in [0.2, 0.25) is 5.02 Å². The van der Waals surface area contributed by atoms with Gasteiger partial charge in [-0.2, -0.15) is 0 Å². The van der Waals surface area contributed by atoms with Crippen LogP contribution >= 0.6 is 35.8 Å². The lowest BCUT2D eigenvalue weighted by molar-refractivity contribution is -0.132. The SMILES string of the molecule is Cl.NCCC(=O)NCC1CCCCN1C(=O)CSCc1ccc(Cl)cc1. The lowest BCUT2D eigenvalue weighted by atomic mass is 10.0. The minimum atomic E-state index is -0.0439. The number of thioether (sulfide) groups is 1. The Labute approximate surface area is 170 Å². The van der Waals surface area contributed by atoms with Crippen LogP contribution in [0.25, 0.3) is 0 Å². The van der Waals surface area contributed by atoms with E-state index in [0.29, 0.717) is 25.3 Å². The van der Waals surface area contributed by atoms with Crippen molar-refractivity contribution in [1.82, 2.24) is 10.2 Å². The van der Waals surface area contributed by atoms with Gasteiger partial charge in [-0.15, -0.1) is 24.2 Å². The van der Waals surface area contributed by atoms with Crippen LogP contribution < -0.4 is 11.1 Å². The van der Waals surface area contributed by atoms with Crippen molar-refractivity contribution in [1.29, 1.82) is 0 Å². The van der Waals surface area contributed by atoms with Crippen molar-refractivity contribution >= 4 is 47.6 Å². The molecule has 0 spiro atoms. The number of carbonyl (C=O) groups is 2. The first-order valence-corrected chi connectivity index (χ1v) is 10.2. The van der Waals surface area contributed by atoms with Gasteiger partial charge in [0.25, 0.3) is 0 Å². The van der Waals surface area contributed by atoms with Crippen LogP contribution in [0.4, 0.5) is 0 Å². The summed E-state index contributed by atoms with van der Waals surface area (Å²) in [5.41, 5.74) is 6.55. The summed E-state index contributed by atoms with van der Waals surface area (Å²) < 4.78 is 0. The molecule has 0 bridgehead atoms. The van der Waals surface area contributed by atoms with Crippen molar-refractivity contribution in [3.05, 3.63) is 34.9 Å². The van der Waals surface area contributed by atoms with E-state index in [-0.39, 0.29) is 30.3 Å². The second-order valence-electron chi connectivity index (χ2n) is 6.20. The van der Waals surface area contributed by atoms with Crippen molar-refractivity contribution in [2.24, 2.45) is 5.73 Å². The van der Waals surface area contributed by atoms with Crippen LogP contribution in [0.1, 0.15) is 31.2 Å². The summed E-state index contributed by atoms with van der Waals surface area (Å²) in [6.07, 6.45) is 3.40. The molecule has 5 nitrogen and oxygen atoms in total. The van der Waals surface area contributed by atoms with Crippen LogP contribution in [0, 0.1) is 0 Å². The normalized spacial score (nSPS) is 16.7. The van der Waals surface area contributed by atoms with Crippen LogP contribution in [-0.2, 0) is 15.3 Å². The molecule has 1 aromatic rings. The van der Waals surface area contributed by atoms with E-state index >= 15 is 0 Å². The van der Waals surface area contributed by atoms with Gasteiger partial charge in [-0.1, -0.05) is 23.7 Å². The number of piperidine rings is 1. The predicted octanol–water partition coefficient (Wildman–Crippen LogP) is 2.84. The third kappa shape index (κ3) is 7.74. The van der Waals surface area contributed by atoms with Crippen molar-refractivity contribution in [2.75, 3.05) is 25.4 Å². The molecule has 1 fully saturated rings. The number of likely N-dealkylation sites (tertiary alicyclic amines) is 1. The highest BCUT2D eigenvalue weighted by Crippen LogP contribution is 2.20. The Morgan fingerprint density at radius 1 is 1.27 bits per heavy atom. The van der Waals surface area contributed by atoms with E-state index in [2.05, 4.69) is 5.32 Å². The van der Waals surface area contributed by atoms with Gasteiger partial charge in [-0.05, 0) is 37.0 Å². The van der Waals surface area contributed by atoms with Crippen molar-refractivity contribution in [2.45, 2.75) is 37.5 Å². The van der Waals surface area contributed by atoms with Gasteiger partial charge < -0.3 is 16.0 Å². The summed E-state index contributed by atoms with van der Waals surface area (Å²) in [7, 11) is 0. The van der Waals surface area contributed by atoms with Crippen LogP contribution in [-0.4, -0.2) is 48.1 Å². The lowest BCUT2D eigenvalue weighted by Crippen LogP contribution is -2.50. The zero-order valence-corrected chi connectivity index (χ0v) is 17.2. The minimum absolute atomic E-state index is 0. The first-order chi connectivity index (χ1) is 12.1. The standard InChI is InChI=1S/C18H26ClN3O2S.ClH/c19-15-6-4-14(5-7-15)12-25-13-18(24)22-10-2-1-3-16(22)11-21-17(23)8-9-20;/h4-7,16H,1-3,8-13,20H2,(H,21,23);1H. The molecule has 1 saturated heterocycles. The summed E-state index contributed by atoms with van der Waals surface area (Å²) >= 11 is 7.49. The Hall–Kier alpha value is -0.950. The molecule has 1 aromatic carbocycles. The number of hydrogen-bond donors (Lipinski definition) is 2. The number of benzene rings is 1. The van der Waals surface area contributed by atoms with Gasteiger partial charge in [0.05, 0.1) is 5.75 Å². The van der Waals surface area contributed by atoms with E-state index in [4.69, 9.17) is 17.3 Å². The minimum Gasteiger partial charge on any atom is -0.354 e. The quantitative estimate of drug-likeness (QED) is 0.678. The van der Waals surface area contributed by atoms with Gasteiger partial charge in [0.1, 0.15) is 0 Å². The molecule has 2 amide bonds. The van der Waals surface area contributed by atoms with Crippen molar-refractivity contribution in [3.8, 4) is 0 Å². The van der Waals surface area contributed by atoms with E-state index in [1.807, 2.05) is 29.2 Å². The van der Waals surface area contributed by atoms with E-state index in [1.165, 1.54) is 0 Å². The fraction of sp³-hybridized carbons (Fsp3) is 0.556. The number of hydrogen-bond acceptors (Lipinski definition) is 4. The van der Waals surface area contributed by atoms with Gasteiger partial charge in [0, 0.05) is 42.9 Å². The summed E-state index contributed by atoms with van der Waals surface area (Å²) in [5, 5.41) is 3.61. The highest BCUT2D eigenvalue weighted by Gasteiger charge is 2.26. The monoisotopic (exact) mass is 419 g/mol. The van der Waals surface area contributed by atoms with E-state index in [0.717, 1.165) is 42.1 Å². The van der Waals surface area contributed by atoms with E-state index < -0.39 is 0 Å². The molecule has 1 aliphatic rings. The number of nitrogens with one attached hydrogen (secondary N) is 1. The zero-order chi connectivity index (χ0) is 18.1. The van der Waals surface area contributed by atoms with E-state index in [9.17, 15) is 9.59 Å². The highest BCUT2D eigenvalue weighted by molar-refractivity contribution is 7.99. The van der Waals surface area contributed by atoms with E-state index in [1.54, 1.807) is 11.8 Å². The van der Waals surface area contributed by atoms with Gasteiger partial charge in [0.15, 0.2) is 0 Å². The molecule has 1 aliphatic heterocycles. The van der Waals surface area contributed by atoms with Gasteiger partial charge >= 0.3 is 0 Å². The molecule has 0 radical (unpaired) electrons. The topological polar surface area (TPSA) is 75.4 Å². The Morgan fingerprint density at radius 3 is 2.69 bits per heavy atom. The maximum Gasteiger partial charge on any atom is 0.232 e. The zero-order valence-electron chi connectivity index (χ0n) is 14.8. The second-order valence-corrected chi connectivity index (χ2v) is 7.62. The Bertz CT molecular complexity index is 572. The molecule has 146 valence electrons. The number of nitrogens with two attached hydrogens (primary N) is 1. The molecular weight excluding hydrogens is 393 g/mol. The first kappa shape index (κ1) is 23.1. The number of rotatable bonds is 8. The summed E-state index contributed by atoms with van der Waals surface area (Å²) in [5.74, 6) is 1.35.